The number of benzene rings is 2. The Balaban J connectivity index is 1.51. The standard InChI is InChI=1S/C22H20N2O6/c1-28-15-4-2-14(3-5-15)18-12-30-19-10-16(6-7-17(19)22(18)27)29-13-21(26)24-9-8-23-20(25)11-24/h2-7,10,12H,8-9,11,13H2,1H3,(H,23,25). The second-order valence-corrected chi connectivity index (χ2v) is 6.82. The van der Waals surface area contributed by atoms with E-state index in [1.54, 1.807) is 49.6 Å². The van der Waals surface area contributed by atoms with E-state index < -0.39 is 0 Å². The van der Waals surface area contributed by atoms with Gasteiger partial charge >= 0.3 is 0 Å². The van der Waals surface area contributed by atoms with Gasteiger partial charge in [-0.15, -0.1) is 0 Å². The number of piperazine rings is 1. The number of nitrogens with one attached hydrogen (secondary N) is 1. The molecule has 154 valence electrons. The number of carbonyl (C=O) groups is 2. The fourth-order valence-corrected chi connectivity index (χ4v) is 3.26. The van der Waals surface area contributed by atoms with Crippen LogP contribution >= 0.6 is 0 Å². The van der Waals surface area contributed by atoms with Crippen LogP contribution in [0.3, 0.4) is 0 Å². The molecule has 0 radical (unpaired) electrons. The van der Waals surface area contributed by atoms with Crippen molar-refractivity contribution in [3.8, 4) is 22.6 Å². The molecule has 8 nitrogen and oxygen atoms in total. The van der Waals surface area contributed by atoms with Crippen molar-refractivity contribution in [2.75, 3.05) is 33.4 Å². The fraction of sp³-hybridized carbons (Fsp3) is 0.227. The van der Waals surface area contributed by atoms with Gasteiger partial charge in [0.25, 0.3) is 5.91 Å². The van der Waals surface area contributed by atoms with E-state index in [4.69, 9.17) is 13.9 Å². The van der Waals surface area contributed by atoms with Crippen molar-refractivity contribution in [1.29, 1.82) is 0 Å². The minimum atomic E-state index is -0.277. The number of amides is 2. The number of carbonyl (C=O) groups excluding carboxylic acids is 2. The summed E-state index contributed by atoms with van der Waals surface area (Å²) >= 11 is 0. The molecule has 1 N–H and O–H groups in total. The minimum Gasteiger partial charge on any atom is -0.497 e. The summed E-state index contributed by atoms with van der Waals surface area (Å²) in [6, 6.07) is 11.9. The first-order valence-electron chi connectivity index (χ1n) is 9.42. The van der Waals surface area contributed by atoms with Crippen molar-refractivity contribution in [2.45, 2.75) is 0 Å². The van der Waals surface area contributed by atoms with Crippen molar-refractivity contribution in [1.82, 2.24) is 10.2 Å². The van der Waals surface area contributed by atoms with Crippen molar-refractivity contribution in [2.24, 2.45) is 0 Å². The molecule has 1 aliphatic heterocycles. The second kappa shape index (κ2) is 8.28. The highest BCUT2D eigenvalue weighted by Crippen LogP contribution is 2.24. The molecule has 4 rings (SSSR count). The average molecular weight is 408 g/mol. The quantitative estimate of drug-likeness (QED) is 0.691. The lowest BCUT2D eigenvalue weighted by Gasteiger charge is -2.26. The molecule has 2 heterocycles. The maximum absolute atomic E-state index is 12.9. The van der Waals surface area contributed by atoms with Crippen LogP contribution in [0.15, 0.2) is 57.9 Å². The number of hydrogen-bond donors (Lipinski definition) is 1. The lowest BCUT2D eigenvalue weighted by Crippen LogP contribution is -2.51. The topological polar surface area (TPSA) is 98.1 Å². The van der Waals surface area contributed by atoms with Crippen molar-refractivity contribution in [3.63, 3.8) is 0 Å². The summed E-state index contributed by atoms with van der Waals surface area (Å²) in [5.74, 6) is 0.638. The Labute approximate surface area is 172 Å². The third-order valence-electron chi connectivity index (χ3n) is 4.90. The number of ether oxygens (including phenoxy) is 2. The molecule has 2 aromatic carbocycles. The monoisotopic (exact) mass is 408 g/mol. The van der Waals surface area contributed by atoms with Gasteiger partial charge in [0.15, 0.2) is 12.0 Å². The summed E-state index contributed by atoms with van der Waals surface area (Å²) in [5.41, 5.74) is 1.36. The number of hydrogen-bond acceptors (Lipinski definition) is 6. The number of nitrogens with zero attached hydrogens (tertiary/aromatic N) is 1. The molecule has 1 saturated heterocycles. The maximum Gasteiger partial charge on any atom is 0.261 e. The van der Waals surface area contributed by atoms with Gasteiger partial charge < -0.3 is 24.1 Å². The first kappa shape index (κ1) is 19.5. The van der Waals surface area contributed by atoms with Crippen molar-refractivity contribution in [3.05, 3.63) is 59.0 Å². The Morgan fingerprint density at radius 3 is 2.63 bits per heavy atom. The van der Waals surface area contributed by atoms with Gasteiger partial charge in [-0.05, 0) is 29.8 Å². The molecule has 3 aromatic rings. The molecule has 0 unspecified atom stereocenters. The SMILES string of the molecule is COc1ccc(-c2coc3cc(OCC(=O)N4CCNC(=O)C4)ccc3c2=O)cc1. The second-order valence-electron chi connectivity index (χ2n) is 6.82. The molecule has 0 saturated carbocycles. The summed E-state index contributed by atoms with van der Waals surface area (Å²) in [6.07, 6.45) is 1.41. The normalized spacial score (nSPS) is 13.8. The Morgan fingerprint density at radius 2 is 1.90 bits per heavy atom. The fourth-order valence-electron chi connectivity index (χ4n) is 3.26. The molecule has 1 fully saturated rings. The summed E-state index contributed by atoms with van der Waals surface area (Å²) < 4.78 is 16.3. The van der Waals surface area contributed by atoms with Gasteiger partial charge in [-0.2, -0.15) is 0 Å². The van der Waals surface area contributed by atoms with E-state index in [0.717, 1.165) is 5.56 Å². The Hall–Kier alpha value is -3.81. The van der Waals surface area contributed by atoms with Crippen LogP contribution in [0.5, 0.6) is 11.5 Å². The predicted molar refractivity (Wildman–Crippen MR) is 110 cm³/mol. The zero-order chi connectivity index (χ0) is 21.1. The third kappa shape index (κ3) is 3.98. The van der Waals surface area contributed by atoms with E-state index in [0.29, 0.717) is 41.1 Å². The van der Waals surface area contributed by atoms with Crippen LogP contribution in [-0.2, 0) is 9.59 Å². The molecule has 30 heavy (non-hydrogen) atoms. The third-order valence-corrected chi connectivity index (χ3v) is 4.90. The summed E-state index contributed by atoms with van der Waals surface area (Å²) in [7, 11) is 1.58. The van der Waals surface area contributed by atoms with Gasteiger partial charge in [-0.25, -0.2) is 0 Å². The van der Waals surface area contributed by atoms with Crippen LogP contribution in [0.1, 0.15) is 0 Å². The zero-order valence-electron chi connectivity index (χ0n) is 16.3. The van der Waals surface area contributed by atoms with E-state index in [2.05, 4.69) is 5.32 Å². The molecular formula is C22H20N2O6. The number of fused-ring (bicyclic) bond motifs is 1. The summed E-state index contributed by atoms with van der Waals surface area (Å²) in [4.78, 5) is 37.9. The van der Waals surface area contributed by atoms with Gasteiger partial charge in [-0.1, -0.05) is 12.1 Å². The van der Waals surface area contributed by atoms with Gasteiger partial charge in [0.1, 0.15) is 23.3 Å². The average Bonchev–Trinajstić information content (AvgIpc) is 2.78. The summed E-state index contributed by atoms with van der Waals surface area (Å²) in [5, 5.41) is 3.08. The highest BCUT2D eigenvalue weighted by atomic mass is 16.5. The molecule has 0 atom stereocenters. The molecule has 1 aromatic heterocycles. The van der Waals surface area contributed by atoms with Crippen LogP contribution in [-0.4, -0.2) is 50.1 Å². The minimum absolute atomic E-state index is 0.0307. The van der Waals surface area contributed by atoms with Gasteiger partial charge in [0.2, 0.25) is 5.91 Å². The lowest BCUT2D eigenvalue weighted by atomic mass is 10.1. The highest BCUT2D eigenvalue weighted by molar-refractivity contribution is 5.87. The van der Waals surface area contributed by atoms with E-state index in [1.807, 2.05) is 0 Å². The van der Waals surface area contributed by atoms with Crippen LogP contribution in [0.25, 0.3) is 22.1 Å². The molecule has 0 spiro atoms. The highest BCUT2D eigenvalue weighted by Gasteiger charge is 2.21. The Morgan fingerprint density at radius 1 is 1.13 bits per heavy atom. The van der Waals surface area contributed by atoms with Gasteiger partial charge in [0.05, 0.1) is 24.6 Å². The Bertz CT molecular complexity index is 1150. The van der Waals surface area contributed by atoms with E-state index in [1.165, 1.54) is 11.2 Å². The van der Waals surface area contributed by atoms with Crippen LogP contribution < -0.4 is 20.2 Å². The molecule has 1 aliphatic rings. The Kier molecular flexibility index (Phi) is 5.38. The van der Waals surface area contributed by atoms with Gasteiger partial charge in [0, 0.05) is 19.2 Å². The first-order valence-corrected chi connectivity index (χ1v) is 9.42. The first-order chi connectivity index (χ1) is 14.5. The van der Waals surface area contributed by atoms with Crippen molar-refractivity contribution < 1.29 is 23.5 Å². The molecule has 8 heteroatoms. The predicted octanol–water partition coefficient (Wildman–Crippen LogP) is 1.81. The van der Waals surface area contributed by atoms with E-state index >= 15 is 0 Å². The van der Waals surface area contributed by atoms with Crippen LogP contribution in [0.4, 0.5) is 0 Å². The molecule has 0 aliphatic carbocycles. The number of rotatable bonds is 5. The largest absolute Gasteiger partial charge is 0.497 e. The van der Waals surface area contributed by atoms with Gasteiger partial charge in [-0.3, -0.25) is 14.4 Å². The van der Waals surface area contributed by atoms with Crippen LogP contribution in [0, 0.1) is 0 Å². The number of methoxy groups -OCH3 is 1. The zero-order valence-corrected chi connectivity index (χ0v) is 16.3. The molecule has 2 amide bonds. The van der Waals surface area contributed by atoms with Crippen LogP contribution in [0.2, 0.25) is 0 Å². The molecular weight excluding hydrogens is 388 g/mol. The summed E-state index contributed by atoms with van der Waals surface area (Å²) in [6.45, 7) is 0.715. The lowest BCUT2D eigenvalue weighted by molar-refractivity contribution is -0.139. The van der Waals surface area contributed by atoms with E-state index in [9.17, 15) is 14.4 Å². The maximum atomic E-state index is 12.9. The van der Waals surface area contributed by atoms with E-state index in [-0.39, 0.29) is 30.4 Å². The molecule has 0 bridgehead atoms. The van der Waals surface area contributed by atoms with Crippen molar-refractivity contribution >= 4 is 22.8 Å². The smallest absolute Gasteiger partial charge is 0.261 e.